The van der Waals surface area contributed by atoms with Crippen molar-refractivity contribution in [2.24, 2.45) is 0 Å². The lowest BCUT2D eigenvalue weighted by atomic mass is 9.97. The van der Waals surface area contributed by atoms with E-state index in [1.54, 1.807) is 14.2 Å². The lowest BCUT2D eigenvalue weighted by Gasteiger charge is -2.17. The third kappa shape index (κ3) is 3.07. The molecule has 0 aromatic heterocycles. The molecular formula is C16H17IO3. The monoisotopic (exact) mass is 384 g/mol. The van der Waals surface area contributed by atoms with Crippen molar-refractivity contribution in [2.75, 3.05) is 14.2 Å². The van der Waals surface area contributed by atoms with Crippen LogP contribution in [0, 0.1) is 10.5 Å². The molecule has 0 heterocycles. The van der Waals surface area contributed by atoms with Gasteiger partial charge in [-0.15, -0.1) is 0 Å². The topological polar surface area (TPSA) is 38.7 Å². The highest BCUT2D eigenvalue weighted by atomic mass is 127. The van der Waals surface area contributed by atoms with E-state index < -0.39 is 6.10 Å². The average Bonchev–Trinajstić information content (AvgIpc) is 2.47. The largest absolute Gasteiger partial charge is 0.493 e. The summed E-state index contributed by atoms with van der Waals surface area (Å²) in [5, 5.41) is 10.5. The number of benzene rings is 2. The molecule has 0 saturated heterocycles. The van der Waals surface area contributed by atoms with Crippen molar-refractivity contribution >= 4 is 22.6 Å². The molecule has 4 heteroatoms. The summed E-state index contributed by atoms with van der Waals surface area (Å²) in [6.07, 6.45) is -0.674. The van der Waals surface area contributed by atoms with E-state index in [0.717, 1.165) is 20.3 Å². The lowest BCUT2D eigenvalue weighted by Crippen LogP contribution is -2.03. The number of hydrogen-bond acceptors (Lipinski definition) is 3. The first-order valence-electron chi connectivity index (χ1n) is 6.23. The van der Waals surface area contributed by atoms with Gasteiger partial charge in [-0.05, 0) is 70.5 Å². The maximum atomic E-state index is 10.5. The first-order chi connectivity index (χ1) is 9.56. The van der Waals surface area contributed by atoms with Gasteiger partial charge < -0.3 is 14.6 Å². The molecule has 1 atom stereocenters. The Morgan fingerprint density at radius 3 is 2.10 bits per heavy atom. The van der Waals surface area contributed by atoms with E-state index in [9.17, 15) is 5.11 Å². The van der Waals surface area contributed by atoms with Crippen molar-refractivity contribution in [3.05, 3.63) is 56.7 Å². The van der Waals surface area contributed by atoms with Crippen LogP contribution in [0.1, 0.15) is 22.8 Å². The summed E-state index contributed by atoms with van der Waals surface area (Å²) >= 11 is 2.24. The van der Waals surface area contributed by atoms with Crippen LogP contribution >= 0.6 is 22.6 Å². The molecule has 0 aliphatic rings. The summed E-state index contributed by atoms with van der Waals surface area (Å²) in [7, 11) is 3.20. The number of aliphatic hydroxyl groups is 1. The molecule has 0 aliphatic heterocycles. The Balaban J connectivity index is 2.43. The Kier molecular flexibility index (Phi) is 4.88. The Labute approximate surface area is 132 Å². The van der Waals surface area contributed by atoms with Crippen molar-refractivity contribution in [3.8, 4) is 11.5 Å². The van der Waals surface area contributed by atoms with Gasteiger partial charge in [0.2, 0.25) is 0 Å². The highest BCUT2D eigenvalue weighted by Crippen LogP contribution is 2.35. The third-order valence-electron chi connectivity index (χ3n) is 3.25. The van der Waals surface area contributed by atoms with Crippen molar-refractivity contribution in [1.29, 1.82) is 0 Å². The van der Waals surface area contributed by atoms with Gasteiger partial charge in [-0.25, -0.2) is 0 Å². The standard InChI is InChI=1S/C16H17IO3/c1-10-8-14(19-2)15(20-3)9-13(10)16(18)11-4-6-12(17)7-5-11/h4-9,16,18H,1-3H3. The van der Waals surface area contributed by atoms with Gasteiger partial charge in [0.05, 0.1) is 14.2 Å². The molecular weight excluding hydrogens is 367 g/mol. The second kappa shape index (κ2) is 6.45. The van der Waals surface area contributed by atoms with Gasteiger partial charge in [0.1, 0.15) is 6.10 Å². The molecule has 2 aromatic rings. The minimum absolute atomic E-state index is 0.623. The Hall–Kier alpha value is -1.27. The van der Waals surface area contributed by atoms with Gasteiger partial charge >= 0.3 is 0 Å². The number of ether oxygens (including phenoxy) is 2. The van der Waals surface area contributed by atoms with Gasteiger partial charge in [0, 0.05) is 3.57 Å². The Morgan fingerprint density at radius 2 is 1.55 bits per heavy atom. The number of aliphatic hydroxyl groups excluding tert-OH is 1. The highest BCUT2D eigenvalue weighted by Gasteiger charge is 2.16. The molecule has 0 spiro atoms. The SMILES string of the molecule is COc1cc(C)c(C(O)c2ccc(I)cc2)cc1OC. The number of rotatable bonds is 4. The predicted molar refractivity (Wildman–Crippen MR) is 87.5 cm³/mol. The molecule has 0 aliphatic carbocycles. The van der Waals surface area contributed by atoms with Gasteiger partial charge in [0.25, 0.3) is 0 Å². The smallest absolute Gasteiger partial charge is 0.161 e. The minimum atomic E-state index is -0.674. The van der Waals surface area contributed by atoms with E-state index in [2.05, 4.69) is 22.6 Å². The summed E-state index contributed by atoms with van der Waals surface area (Å²) in [5.41, 5.74) is 2.65. The van der Waals surface area contributed by atoms with Crippen molar-refractivity contribution in [3.63, 3.8) is 0 Å². The van der Waals surface area contributed by atoms with E-state index in [0.29, 0.717) is 11.5 Å². The number of methoxy groups -OCH3 is 2. The third-order valence-corrected chi connectivity index (χ3v) is 3.97. The van der Waals surface area contributed by atoms with Crippen molar-refractivity contribution in [2.45, 2.75) is 13.0 Å². The first kappa shape index (κ1) is 15.1. The Bertz CT molecular complexity index is 593. The summed E-state index contributed by atoms with van der Waals surface area (Å²) in [5.74, 6) is 1.29. The van der Waals surface area contributed by atoms with Crippen molar-refractivity contribution in [1.82, 2.24) is 0 Å². The molecule has 3 nitrogen and oxygen atoms in total. The fraction of sp³-hybridized carbons (Fsp3) is 0.250. The maximum absolute atomic E-state index is 10.5. The molecule has 2 aromatic carbocycles. The van der Waals surface area contributed by atoms with Crippen molar-refractivity contribution < 1.29 is 14.6 Å². The molecule has 1 unspecified atom stereocenters. The maximum Gasteiger partial charge on any atom is 0.161 e. The van der Waals surface area contributed by atoms with E-state index in [1.807, 2.05) is 43.3 Å². The van der Waals surface area contributed by atoms with Gasteiger partial charge in [-0.1, -0.05) is 12.1 Å². The molecule has 0 bridgehead atoms. The lowest BCUT2D eigenvalue weighted by molar-refractivity contribution is 0.218. The van der Waals surface area contributed by atoms with Crippen LogP contribution in [0.2, 0.25) is 0 Å². The zero-order chi connectivity index (χ0) is 14.7. The second-order valence-corrected chi connectivity index (χ2v) is 5.76. The van der Waals surface area contributed by atoms with Gasteiger partial charge in [-0.3, -0.25) is 0 Å². The summed E-state index contributed by atoms with van der Waals surface area (Å²) < 4.78 is 11.7. The summed E-state index contributed by atoms with van der Waals surface area (Å²) in [6, 6.07) is 11.5. The molecule has 1 N–H and O–H groups in total. The Morgan fingerprint density at radius 1 is 1.00 bits per heavy atom. The van der Waals surface area contributed by atoms with Crippen LogP contribution in [0.5, 0.6) is 11.5 Å². The highest BCUT2D eigenvalue weighted by molar-refractivity contribution is 14.1. The van der Waals surface area contributed by atoms with E-state index in [1.165, 1.54) is 0 Å². The van der Waals surface area contributed by atoms with Crippen LogP contribution in [0.25, 0.3) is 0 Å². The molecule has 2 rings (SSSR count). The minimum Gasteiger partial charge on any atom is -0.493 e. The van der Waals surface area contributed by atoms with E-state index in [-0.39, 0.29) is 0 Å². The molecule has 20 heavy (non-hydrogen) atoms. The second-order valence-electron chi connectivity index (χ2n) is 4.52. The van der Waals surface area contributed by atoms with Crippen LogP contribution in [-0.2, 0) is 0 Å². The average molecular weight is 384 g/mol. The van der Waals surface area contributed by atoms with Crippen LogP contribution in [0.3, 0.4) is 0 Å². The quantitative estimate of drug-likeness (QED) is 0.818. The van der Waals surface area contributed by atoms with Gasteiger partial charge in [0.15, 0.2) is 11.5 Å². The van der Waals surface area contributed by atoms with E-state index >= 15 is 0 Å². The molecule has 106 valence electrons. The first-order valence-corrected chi connectivity index (χ1v) is 7.30. The van der Waals surface area contributed by atoms with Gasteiger partial charge in [-0.2, -0.15) is 0 Å². The fourth-order valence-electron chi connectivity index (χ4n) is 2.12. The molecule has 0 saturated carbocycles. The normalized spacial score (nSPS) is 12.1. The van der Waals surface area contributed by atoms with Crippen LogP contribution in [0.15, 0.2) is 36.4 Å². The predicted octanol–water partition coefficient (Wildman–Crippen LogP) is 3.70. The van der Waals surface area contributed by atoms with Crippen LogP contribution in [-0.4, -0.2) is 19.3 Å². The number of aryl methyl sites for hydroxylation is 1. The zero-order valence-corrected chi connectivity index (χ0v) is 13.8. The molecule has 0 radical (unpaired) electrons. The molecule has 0 fully saturated rings. The van der Waals surface area contributed by atoms with Crippen LogP contribution in [0.4, 0.5) is 0 Å². The number of halogens is 1. The summed E-state index contributed by atoms with van der Waals surface area (Å²) in [6.45, 7) is 1.95. The molecule has 0 amide bonds. The summed E-state index contributed by atoms with van der Waals surface area (Å²) in [4.78, 5) is 0. The van der Waals surface area contributed by atoms with E-state index in [4.69, 9.17) is 9.47 Å². The number of hydrogen-bond donors (Lipinski definition) is 1. The van der Waals surface area contributed by atoms with Crippen LogP contribution < -0.4 is 9.47 Å². The zero-order valence-electron chi connectivity index (χ0n) is 11.7. The fourth-order valence-corrected chi connectivity index (χ4v) is 2.48.